The number of halogens is 1. The maximum Gasteiger partial charge on any atom is 0.244 e. The molecule has 1 aliphatic carbocycles. The van der Waals surface area contributed by atoms with Gasteiger partial charge in [0, 0.05) is 10.2 Å². The molecule has 0 aromatic heterocycles. The number of anilines is 1. The average molecular weight is 269 g/mol. The van der Waals surface area contributed by atoms with Crippen molar-refractivity contribution >= 4 is 27.5 Å². The normalized spacial score (nSPS) is 18.0. The van der Waals surface area contributed by atoms with E-state index in [9.17, 15) is 4.79 Å². The number of carbonyl (C=O) groups is 1. The van der Waals surface area contributed by atoms with Gasteiger partial charge in [0.15, 0.2) is 0 Å². The molecule has 1 fully saturated rings. The fourth-order valence-corrected chi connectivity index (χ4v) is 1.84. The summed E-state index contributed by atoms with van der Waals surface area (Å²) in [7, 11) is 0. The predicted molar refractivity (Wildman–Crippen MR) is 63.5 cm³/mol. The SMILES string of the molecule is NC1(C(=O)Nc2ccc(Br)cc2)CCC1. The minimum atomic E-state index is -0.632. The third-order valence-electron chi connectivity index (χ3n) is 2.80. The number of hydrogen-bond donors (Lipinski definition) is 2. The van der Waals surface area contributed by atoms with Crippen molar-refractivity contribution in [3.8, 4) is 0 Å². The van der Waals surface area contributed by atoms with Gasteiger partial charge in [-0.2, -0.15) is 0 Å². The van der Waals surface area contributed by atoms with E-state index in [1.807, 2.05) is 24.3 Å². The first kappa shape index (κ1) is 10.6. The second-order valence-electron chi connectivity index (χ2n) is 3.97. The van der Waals surface area contributed by atoms with Crippen LogP contribution in [-0.4, -0.2) is 11.4 Å². The van der Waals surface area contributed by atoms with Crippen LogP contribution < -0.4 is 11.1 Å². The van der Waals surface area contributed by atoms with E-state index in [-0.39, 0.29) is 5.91 Å². The lowest BCUT2D eigenvalue weighted by Gasteiger charge is -2.36. The van der Waals surface area contributed by atoms with Crippen molar-refractivity contribution in [3.05, 3.63) is 28.7 Å². The molecule has 1 saturated carbocycles. The van der Waals surface area contributed by atoms with Crippen molar-refractivity contribution in [2.45, 2.75) is 24.8 Å². The summed E-state index contributed by atoms with van der Waals surface area (Å²) in [4.78, 5) is 11.8. The fraction of sp³-hybridized carbons (Fsp3) is 0.364. The Balaban J connectivity index is 2.02. The quantitative estimate of drug-likeness (QED) is 0.865. The first-order chi connectivity index (χ1) is 7.10. The van der Waals surface area contributed by atoms with E-state index in [0.29, 0.717) is 0 Å². The van der Waals surface area contributed by atoms with Gasteiger partial charge in [0.1, 0.15) is 0 Å². The second-order valence-corrected chi connectivity index (χ2v) is 4.89. The van der Waals surface area contributed by atoms with Crippen molar-refractivity contribution < 1.29 is 4.79 Å². The van der Waals surface area contributed by atoms with Crippen LogP contribution in [0.5, 0.6) is 0 Å². The summed E-state index contributed by atoms with van der Waals surface area (Å²) in [6.45, 7) is 0. The summed E-state index contributed by atoms with van der Waals surface area (Å²) in [5.74, 6) is -0.0731. The van der Waals surface area contributed by atoms with Crippen LogP contribution in [0.1, 0.15) is 19.3 Å². The van der Waals surface area contributed by atoms with Crippen LogP contribution in [0.4, 0.5) is 5.69 Å². The predicted octanol–water partition coefficient (Wildman–Crippen LogP) is 2.27. The molecule has 0 saturated heterocycles. The number of rotatable bonds is 2. The molecule has 0 aliphatic heterocycles. The Morgan fingerprint density at radius 2 is 1.93 bits per heavy atom. The summed E-state index contributed by atoms with van der Waals surface area (Å²) in [5.41, 5.74) is 6.06. The molecule has 3 N–H and O–H groups in total. The van der Waals surface area contributed by atoms with Crippen LogP contribution in [0.2, 0.25) is 0 Å². The Morgan fingerprint density at radius 3 is 2.40 bits per heavy atom. The van der Waals surface area contributed by atoms with Crippen LogP contribution in [0.25, 0.3) is 0 Å². The molecule has 1 aromatic rings. The zero-order valence-corrected chi connectivity index (χ0v) is 9.88. The molecule has 0 radical (unpaired) electrons. The van der Waals surface area contributed by atoms with E-state index in [1.54, 1.807) is 0 Å². The van der Waals surface area contributed by atoms with Gasteiger partial charge in [0.25, 0.3) is 0 Å². The molecular formula is C11H13BrN2O. The zero-order chi connectivity index (χ0) is 10.9. The number of nitrogens with one attached hydrogen (secondary N) is 1. The van der Waals surface area contributed by atoms with Crippen LogP contribution in [0.3, 0.4) is 0 Å². The van der Waals surface area contributed by atoms with E-state index >= 15 is 0 Å². The van der Waals surface area contributed by atoms with Gasteiger partial charge in [0.2, 0.25) is 5.91 Å². The van der Waals surface area contributed by atoms with Gasteiger partial charge in [0.05, 0.1) is 5.54 Å². The molecule has 4 heteroatoms. The van der Waals surface area contributed by atoms with Gasteiger partial charge in [-0.25, -0.2) is 0 Å². The van der Waals surface area contributed by atoms with Crippen LogP contribution in [-0.2, 0) is 4.79 Å². The Bertz CT molecular complexity index is 371. The third-order valence-corrected chi connectivity index (χ3v) is 3.33. The highest BCUT2D eigenvalue weighted by Crippen LogP contribution is 2.30. The first-order valence-electron chi connectivity index (χ1n) is 4.96. The van der Waals surface area contributed by atoms with Gasteiger partial charge >= 0.3 is 0 Å². The molecule has 0 heterocycles. The highest BCUT2D eigenvalue weighted by molar-refractivity contribution is 9.10. The molecule has 0 unspecified atom stereocenters. The Kier molecular flexibility index (Phi) is 2.80. The largest absolute Gasteiger partial charge is 0.324 e. The van der Waals surface area contributed by atoms with Crippen molar-refractivity contribution in [2.75, 3.05) is 5.32 Å². The summed E-state index contributed by atoms with van der Waals surface area (Å²) < 4.78 is 0.992. The van der Waals surface area contributed by atoms with E-state index in [0.717, 1.165) is 29.4 Å². The second kappa shape index (κ2) is 3.94. The standard InChI is InChI=1S/C11H13BrN2O/c12-8-2-4-9(5-3-8)14-10(15)11(13)6-1-7-11/h2-5H,1,6-7,13H2,(H,14,15). The summed E-state index contributed by atoms with van der Waals surface area (Å²) >= 11 is 3.34. The van der Waals surface area contributed by atoms with Crippen molar-refractivity contribution in [3.63, 3.8) is 0 Å². The molecule has 80 valence electrons. The lowest BCUT2D eigenvalue weighted by atomic mass is 9.77. The van der Waals surface area contributed by atoms with Gasteiger partial charge < -0.3 is 11.1 Å². The topological polar surface area (TPSA) is 55.1 Å². The maximum atomic E-state index is 11.8. The first-order valence-corrected chi connectivity index (χ1v) is 5.75. The van der Waals surface area contributed by atoms with Crippen LogP contribution >= 0.6 is 15.9 Å². The molecular weight excluding hydrogens is 256 g/mol. The maximum absolute atomic E-state index is 11.8. The van der Waals surface area contributed by atoms with Crippen LogP contribution in [0, 0.1) is 0 Å². The summed E-state index contributed by atoms with van der Waals surface area (Å²) in [5, 5.41) is 2.83. The Morgan fingerprint density at radius 1 is 1.33 bits per heavy atom. The van der Waals surface area contributed by atoms with E-state index < -0.39 is 5.54 Å². The Labute approximate surface area is 97.2 Å². The molecule has 1 aliphatic rings. The Hall–Kier alpha value is -0.870. The smallest absolute Gasteiger partial charge is 0.244 e. The highest BCUT2D eigenvalue weighted by atomic mass is 79.9. The molecule has 1 aromatic carbocycles. The van der Waals surface area contributed by atoms with Crippen molar-refractivity contribution in [1.82, 2.24) is 0 Å². The van der Waals surface area contributed by atoms with E-state index in [1.165, 1.54) is 0 Å². The molecule has 2 rings (SSSR count). The third kappa shape index (κ3) is 2.21. The van der Waals surface area contributed by atoms with Crippen molar-refractivity contribution in [2.24, 2.45) is 5.73 Å². The van der Waals surface area contributed by atoms with Gasteiger partial charge in [-0.1, -0.05) is 15.9 Å². The number of amides is 1. The highest BCUT2D eigenvalue weighted by Gasteiger charge is 2.39. The minimum Gasteiger partial charge on any atom is -0.324 e. The zero-order valence-electron chi connectivity index (χ0n) is 8.29. The molecule has 3 nitrogen and oxygen atoms in total. The van der Waals surface area contributed by atoms with Gasteiger partial charge in [-0.05, 0) is 43.5 Å². The monoisotopic (exact) mass is 268 g/mol. The van der Waals surface area contributed by atoms with Crippen LogP contribution in [0.15, 0.2) is 28.7 Å². The van der Waals surface area contributed by atoms with E-state index in [4.69, 9.17) is 5.73 Å². The van der Waals surface area contributed by atoms with Gasteiger partial charge in [-0.3, -0.25) is 4.79 Å². The summed E-state index contributed by atoms with van der Waals surface area (Å²) in [6, 6.07) is 7.48. The number of carbonyl (C=O) groups excluding carboxylic acids is 1. The molecule has 0 bridgehead atoms. The average Bonchev–Trinajstić information content (AvgIpc) is 2.18. The number of nitrogens with two attached hydrogens (primary N) is 1. The van der Waals surface area contributed by atoms with E-state index in [2.05, 4.69) is 21.2 Å². The molecule has 0 atom stereocenters. The molecule has 15 heavy (non-hydrogen) atoms. The van der Waals surface area contributed by atoms with Crippen molar-refractivity contribution in [1.29, 1.82) is 0 Å². The lowest BCUT2D eigenvalue weighted by Crippen LogP contribution is -2.56. The number of benzene rings is 1. The number of hydrogen-bond acceptors (Lipinski definition) is 2. The minimum absolute atomic E-state index is 0.0731. The summed E-state index contributed by atoms with van der Waals surface area (Å²) in [6.07, 6.45) is 2.62. The fourth-order valence-electron chi connectivity index (χ4n) is 1.57. The lowest BCUT2D eigenvalue weighted by molar-refractivity contribution is -0.123. The van der Waals surface area contributed by atoms with Gasteiger partial charge in [-0.15, -0.1) is 0 Å². The molecule has 1 amide bonds. The molecule has 0 spiro atoms.